The van der Waals surface area contributed by atoms with Crippen LogP contribution in [0.3, 0.4) is 0 Å². The van der Waals surface area contributed by atoms with Crippen LogP contribution in [0.2, 0.25) is 0 Å². The van der Waals surface area contributed by atoms with E-state index in [4.69, 9.17) is 0 Å². The molecule has 4 aromatic carbocycles. The minimum atomic E-state index is 0.164. The van der Waals surface area contributed by atoms with E-state index in [1.807, 2.05) is 30.3 Å². The first kappa shape index (κ1) is 36.6. The van der Waals surface area contributed by atoms with E-state index in [-0.39, 0.29) is 21.7 Å². The molecule has 2 atom stereocenters. The number of rotatable bonds is 4. The molecule has 2 unspecified atom stereocenters. The Kier molecular flexibility index (Phi) is 10.6. The largest absolute Gasteiger partial charge is 0.214 e. The average Bonchev–Trinajstić information content (AvgIpc) is 3.81. The van der Waals surface area contributed by atoms with E-state index in [1.54, 1.807) is 55.7 Å². The Morgan fingerprint density at radius 2 is 1.30 bits per heavy atom. The van der Waals surface area contributed by atoms with Crippen molar-refractivity contribution in [2.45, 2.75) is 87.5 Å². The van der Waals surface area contributed by atoms with Gasteiger partial charge < -0.3 is 0 Å². The molecule has 8 rings (SSSR count). The summed E-state index contributed by atoms with van der Waals surface area (Å²) in [7, 11) is 0. The van der Waals surface area contributed by atoms with Crippen LogP contribution in [0.1, 0.15) is 90.5 Å². The molecule has 0 aromatic heterocycles. The van der Waals surface area contributed by atoms with E-state index in [0.717, 1.165) is 19.3 Å². The molecule has 0 radical (unpaired) electrons. The molecule has 0 N–H and O–H groups in total. The maximum atomic E-state index is 2.62. The molecule has 0 amide bonds. The van der Waals surface area contributed by atoms with Crippen molar-refractivity contribution in [1.82, 2.24) is 0 Å². The average molecular weight is 736 g/mol. The summed E-state index contributed by atoms with van der Waals surface area (Å²) in [6.45, 7) is 20.3. The van der Waals surface area contributed by atoms with Crippen LogP contribution in [0.15, 0.2) is 144 Å². The monoisotopic (exact) mass is 734 g/mol. The summed E-state index contributed by atoms with van der Waals surface area (Å²) in [5.41, 5.74) is 13.1. The van der Waals surface area contributed by atoms with Crippen molar-refractivity contribution >= 4 is 8.78 Å². The van der Waals surface area contributed by atoms with Gasteiger partial charge in [-0.15, -0.1) is 6.92 Å². The molecule has 50 heavy (non-hydrogen) atoms. The summed E-state index contributed by atoms with van der Waals surface area (Å²) < 4.78 is 1.60. The molecule has 1 heteroatoms. The van der Waals surface area contributed by atoms with Crippen LogP contribution in [0.4, 0.5) is 0 Å². The molecule has 1 fully saturated rings. The summed E-state index contributed by atoms with van der Waals surface area (Å²) in [5.74, 6) is 2.24. The number of benzene rings is 3. The van der Waals surface area contributed by atoms with Gasteiger partial charge in [0.1, 0.15) is 0 Å². The molecule has 0 bridgehead atoms. The maximum Gasteiger partial charge on any atom is -0.172 e. The third-order valence-corrected chi connectivity index (χ3v) is 14.7. The number of hydrogen-bond acceptors (Lipinski definition) is 0. The van der Waals surface area contributed by atoms with Gasteiger partial charge in [0, 0.05) is 0 Å². The van der Waals surface area contributed by atoms with Gasteiger partial charge >= 0.3 is 112 Å². The Morgan fingerprint density at radius 3 is 1.86 bits per heavy atom. The minimum absolute atomic E-state index is 0.164. The molecule has 0 spiro atoms. The molecule has 4 aliphatic carbocycles. The number of fused-ring (bicyclic) bond motifs is 6. The Hall–Kier alpha value is -3.15. The zero-order chi connectivity index (χ0) is 35.7. The Labute approximate surface area is 318 Å². The molecular weight excluding hydrogens is 680 g/mol. The van der Waals surface area contributed by atoms with Gasteiger partial charge in [0.15, 0.2) is 0 Å². The number of hydrogen-bond donors (Lipinski definition) is 0. The predicted octanol–water partition coefficient (Wildman–Crippen LogP) is 12.6. The normalized spacial score (nSPS) is 23.3. The van der Waals surface area contributed by atoms with Gasteiger partial charge in [-0.2, -0.15) is 29.3 Å². The minimum Gasteiger partial charge on any atom is -0.214 e. The van der Waals surface area contributed by atoms with Gasteiger partial charge in [-0.25, -0.2) is 18.1 Å². The van der Waals surface area contributed by atoms with Gasteiger partial charge in [-0.3, -0.25) is 0 Å². The van der Waals surface area contributed by atoms with Crippen molar-refractivity contribution in [2.75, 3.05) is 0 Å². The predicted molar refractivity (Wildman–Crippen MR) is 212 cm³/mol. The van der Waals surface area contributed by atoms with Crippen LogP contribution in [0.5, 0.6) is 0 Å². The van der Waals surface area contributed by atoms with Crippen LogP contribution in [0.25, 0.3) is 5.57 Å². The second kappa shape index (κ2) is 14.5. The fraction of sp³-hybridized carbons (Fsp3) is 0.367. The first-order chi connectivity index (χ1) is 23.8. The van der Waals surface area contributed by atoms with Gasteiger partial charge in [0.2, 0.25) is 0 Å². The van der Waals surface area contributed by atoms with E-state index in [0.29, 0.717) is 5.92 Å². The quantitative estimate of drug-likeness (QED) is 0.183. The number of allylic oxidation sites excluding steroid dienone is 6. The summed E-state index contributed by atoms with van der Waals surface area (Å²) in [6, 6.07) is 40.6. The second-order valence-corrected chi connectivity index (χ2v) is 18.4. The fourth-order valence-electron chi connectivity index (χ4n) is 9.64. The summed E-state index contributed by atoms with van der Waals surface area (Å²) in [6.07, 6.45) is 10.7. The molecule has 0 aliphatic heterocycles. The van der Waals surface area contributed by atoms with Crippen molar-refractivity contribution in [3.05, 3.63) is 172 Å². The van der Waals surface area contributed by atoms with Crippen molar-refractivity contribution < 1.29 is 24.2 Å². The van der Waals surface area contributed by atoms with Crippen molar-refractivity contribution in [2.24, 2.45) is 27.6 Å². The molecule has 4 aliphatic rings. The second-order valence-electron chi connectivity index (χ2n) is 16.6. The van der Waals surface area contributed by atoms with Crippen molar-refractivity contribution in [3.63, 3.8) is 0 Å². The zero-order valence-corrected chi connectivity index (χ0v) is 34.2. The Bertz CT molecular complexity index is 1820. The molecule has 0 nitrogen and oxygen atoms in total. The van der Waals surface area contributed by atoms with Crippen LogP contribution < -0.4 is 0 Å². The first-order valence-corrected chi connectivity index (χ1v) is 19.9. The molecule has 1 saturated carbocycles. The molecule has 0 saturated heterocycles. The van der Waals surface area contributed by atoms with E-state index >= 15 is 0 Å². The molecule has 4 aromatic rings. The Morgan fingerprint density at radius 1 is 0.740 bits per heavy atom. The summed E-state index contributed by atoms with van der Waals surface area (Å²) >= 11 is 1.55. The van der Waals surface area contributed by atoms with Gasteiger partial charge in [0.05, 0.1) is 0 Å². The topological polar surface area (TPSA) is 0 Å². The van der Waals surface area contributed by atoms with E-state index in [2.05, 4.69) is 152 Å². The van der Waals surface area contributed by atoms with Gasteiger partial charge in [-0.05, 0) is 40.6 Å². The zero-order valence-electron chi connectivity index (χ0n) is 31.7. The third-order valence-electron chi connectivity index (χ3n) is 13.9. The standard InChI is InChI=1S/C29H37.C15H14.C5H5.Zr/c1-18-25-22-17-19-13-9-10-14-20(19)24(22)21-15-11-12-16-23(21)29(25,8)28(6,7)27(4,5)26(18,2)3;1-3-8-14(9-4-1)12-7-13-15-10-5-2-6-11-15;1-2-4-5-3-1;/h9-11,13-15,23H,12,16-17H2,1-8H3;1-6,8-11H,12-13H2;1-5H;/q-1;;-1;+2. The van der Waals surface area contributed by atoms with Crippen LogP contribution >= 0.6 is 0 Å². The SMILES string of the molecule is C[C-]1C2=C3Cc4ccccc4C3=C3C=CCCC3C2(C)C(C)(C)C(C)(C)C1(C)C.[Zr+2]=[C](Cc1ccccc1)Cc1ccccc1.c1cc[cH-]c1. The smallest absolute Gasteiger partial charge is 0.172 e. The van der Waals surface area contributed by atoms with Crippen molar-refractivity contribution in [3.8, 4) is 0 Å². The summed E-state index contributed by atoms with van der Waals surface area (Å²) in [5, 5.41) is 0. The third kappa shape index (κ3) is 6.32. The maximum absolute atomic E-state index is 2.62. The fourth-order valence-corrected chi connectivity index (χ4v) is 10.6. The first-order valence-electron chi connectivity index (χ1n) is 18.7. The van der Waals surface area contributed by atoms with E-state index < -0.39 is 0 Å². The van der Waals surface area contributed by atoms with E-state index in [9.17, 15) is 0 Å². The molecular formula is C49H56Zr. The summed E-state index contributed by atoms with van der Waals surface area (Å²) in [4.78, 5) is 0. The van der Waals surface area contributed by atoms with Crippen LogP contribution in [-0.2, 0) is 43.5 Å². The van der Waals surface area contributed by atoms with Gasteiger partial charge in [-0.1, -0.05) is 113 Å². The van der Waals surface area contributed by atoms with Crippen molar-refractivity contribution in [1.29, 1.82) is 0 Å². The van der Waals surface area contributed by atoms with Crippen LogP contribution in [0, 0.1) is 33.5 Å². The Balaban J connectivity index is 0.000000171. The molecule has 256 valence electrons. The van der Waals surface area contributed by atoms with Crippen LogP contribution in [-0.4, -0.2) is 3.21 Å². The molecule has 0 heterocycles. The van der Waals surface area contributed by atoms with Gasteiger partial charge in [0.25, 0.3) is 0 Å². The van der Waals surface area contributed by atoms with E-state index in [1.165, 1.54) is 35.1 Å².